The quantitative estimate of drug-likeness (QED) is 0.781. The van der Waals surface area contributed by atoms with Crippen LogP contribution in [-0.2, 0) is 0 Å². The Kier molecular flexibility index (Phi) is 5.03. The van der Waals surface area contributed by atoms with Gasteiger partial charge in [0.2, 0.25) is 0 Å². The van der Waals surface area contributed by atoms with Gasteiger partial charge in [0.1, 0.15) is 5.82 Å². The van der Waals surface area contributed by atoms with Crippen molar-refractivity contribution in [3.63, 3.8) is 0 Å². The third-order valence-electron chi connectivity index (χ3n) is 3.30. The molecule has 2 aromatic carbocycles. The molecule has 106 valence electrons. The first-order valence-corrected chi connectivity index (χ1v) is 7.19. The van der Waals surface area contributed by atoms with E-state index in [9.17, 15) is 4.39 Å². The minimum atomic E-state index is -0.323. The smallest absolute Gasteiger partial charge is 0.124 e. The Labute approximate surface area is 128 Å². The molecule has 1 nitrogen and oxygen atoms in total. The average Bonchev–Trinajstić information content (AvgIpc) is 2.39. The van der Waals surface area contributed by atoms with E-state index in [0.29, 0.717) is 5.02 Å². The van der Waals surface area contributed by atoms with E-state index in [4.69, 9.17) is 23.2 Å². The van der Waals surface area contributed by atoms with E-state index in [1.165, 1.54) is 12.1 Å². The van der Waals surface area contributed by atoms with E-state index in [1.54, 1.807) is 6.07 Å². The van der Waals surface area contributed by atoms with Crippen LogP contribution in [0.15, 0.2) is 42.5 Å². The fraction of sp³-hybridized carbons (Fsp3) is 0.250. The van der Waals surface area contributed by atoms with E-state index in [0.717, 1.165) is 16.1 Å². The van der Waals surface area contributed by atoms with Crippen LogP contribution in [0.3, 0.4) is 0 Å². The van der Waals surface area contributed by atoms with Crippen LogP contribution >= 0.6 is 23.2 Å². The monoisotopic (exact) mass is 311 g/mol. The summed E-state index contributed by atoms with van der Waals surface area (Å²) >= 11 is 12.0. The molecule has 4 heteroatoms. The van der Waals surface area contributed by atoms with Crippen molar-refractivity contribution in [1.82, 2.24) is 5.32 Å². The zero-order valence-corrected chi connectivity index (χ0v) is 12.8. The summed E-state index contributed by atoms with van der Waals surface area (Å²) in [5, 5.41) is 4.60. The summed E-state index contributed by atoms with van der Waals surface area (Å²) in [5.41, 5.74) is 2.02. The number of hydrogen-bond donors (Lipinski definition) is 1. The maximum absolute atomic E-state index is 13.1. The van der Waals surface area contributed by atoms with Gasteiger partial charge in [-0.15, -0.1) is 0 Å². The second kappa shape index (κ2) is 6.57. The normalized spacial score (nSPS) is 14.1. The largest absolute Gasteiger partial charge is 0.304 e. The fourth-order valence-electron chi connectivity index (χ4n) is 2.17. The topological polar surface area (TPSA) is 12.0 Å². The molecule has 2 atom stereocenters. The van der Waals surface area contributed by atoms with Gasteiger partial charge in [-0.3, -0.25) is 0 Å². The minimum Gasteiger partial charge on any atom is -0.304 e. The highest BCUT2D eigenvalue weighted by Gasteiger charge is 2.14. The first-order chi connectivity index (χ1) is 9.47. The number of rotatable bonds is 4. The minimum absolute atomic E-state index is 0.0220. The van der Waals surface area contributed by atoms with Crippen molar-refractivity contribution in [2.24, 2.45) is 0 Å². The highest BCUT2D eigenvalue weighted by Crippen LogP contribution is 2.26. The Morgan fingerprint density at radius 3 is 2.20 bits per heavy atom. The van der Waals surface area contributed by atoms with Gasteiger partial charge in [0.05, 0.1) is 0 Å². The van der Waals surface area contributed by atoms with Crippen LogP contribution in [0.4, 0.5) is 4.39 Å². The maximum atomic E-state index is 13.1. The van der Waals surface area contributed by atoms with Crippen molar-refractivity contribution < 1.29 is 4.39 Å². The Hall–Kier alpha value is -1.09. The van der Waals surface area contributed by atoms with Gasteiger partial charge in [0, 0.05) is 22.1 Å². The molecule has 2 rings (SSSR count). The van der Waals surface area contributed by atoms with Crippen molar-refractivity contribution in [2.45, 2.75) is 25.9 Å². The number of halogens is 3. The molecular weight excluding hydrogens is 296 g/mol. The van der Waals surface area contributed by atoms with Crippen LogP contribution in [-0.4, -0.2) is 0 Å². The second-order valence-electron chi connectivity index (χ2n) is 4.83. The molecule has 0 bridgehead atoms. The van der Waals surface area contributed by atoms with Crippen molar-refractivity contribution in [2.75, 3.05) is 0 Å². The van der Waals surface area contributed by atoms with Crippen molar-refractivity contribution in [3.8, 4) is 0 Å². The molecule has 1 N–H and O–H groups in total. The average molecular weight is 312 g/mol. The van der Waals surface area contributed by atoms with E-state index in [-0.39, 0.29) is 17.9 Å². The lowest BCUT2D eigenvalue weighted by Gasteiger charge is -2.21. The van der Waals surface area contributed by atoms with Gasteiger partial charge in [0.15, 0.2) is 0 Å². The summed E-state index contributed by atoms with van der Waals surface area (Å²) in [7, 11) is 0. The Morgan fingerprint density at radius 1 is 0.950 bits per heavy atom. The Bertz CT molecular complexity index is 584. The molecule has 0 aromatic heterocycles. The highest BCUT2D eigenvalue weighted by atomic mass is 35.5. The first kappa shape index (κ1) is 15.3. The fourth-order valence-corrected chi connectivity index (χ4v) is 2.62. The van der Waals surface area contributed by atoms with E-state index < -0.39 is 0 Å². The molecule has 2 aromatic rings. The van der Waals surface area contributed by atoms with Crippen molar-refractivity contribution in [3.05, 3.63) is 69.5 Å². The van der Waals surface area contributed by atoms with Crippen molar-refractivity contribution in [1.29, 1.82) is 0 Å². The standard InChI is InChI=1S/C16H16Cl2FN/c1-10(12-3-5-13(17)6-4-12)20-11(2)15-8-7-14(19)9-16(15)18/h3-11,20H,1-2H3. The summed E-state index contributed by atoms with van der Waals surface area (Å²) in [4.78, 5) is 0. The lowest BCUT2D eigenvalue weighted by molar-refractivity contribution is 0.494. The summed E-state index contributed by atoms with van der Waals surface area (Å²) in [5.74, 6) is -0.323. The van der Waals surface area contributed by atoms with Gasteiger partial charge < -0.3 is 5.32 Å². The molecule has 0 aliphatic carbocycles. The molecule has 0 spiro atoms. The molecule has 20 heavy (non-hydrogen) atoms. The molecule has 0 fully saturated rings. The number of nitrogens with one attached hydrogen (secondary N) is 1. The summed E-state index contributed by atoms with van der Waals surface area (Å²) in [6, 6.07) is 12.3. The molecule has 2 unspecified atom stereocenters. The molecule has 0 aliphatic heterocycles. The van der Waals surface area contributed by atoms with E-state index in [2.05, 4.69) is 12.2 Å². The van der Waals surface area contributed by atoms with Crippen LogP contribution in [0, 0.1) is 5.82 Å². The zero-order chi connectivity index (χ0) is 14.7. The maximum Gasteiger partial charge on any atom is 0.124 e. The Balaban J connectivity index is 2.10. The predicted molar refractivity (Wildman–Crippen MR) is 82.8 cm³/mol. The molecule has 0 amide bonds. The van der Waals surface area contributed by atoms with Gasteiger partial charge in [-0.2, -0.15) is 0 Å². The molecule has 0 saturated heterocycles. The van der Waals surface area contributed by atoms with Crippen LogP contribution in [0.5, 0.6) is 0 Å². The van der Waals surface area contributed by atoms with Gasteiger partial charge >= 0.3 is 0 Å². The summed E-state index contributed by atoms with van der Waals surface area (Å²) < 4.78 is 13.1. The lowest BCUT2D eigenvalue weighted by atomic mass is 10.0. The molecule has 0 saturated carbocycles. The van der Waals surface area contributed by atoms with Crippen LogP contribution in [0.25, 0.3) is 0 Å². The van der Waals surface area contributed by atoms with Gasteiger partial charge in [-0.05, 0) is 49.2 Å². The predicted octanol–water partition coefficient (Wildman–Crippen LogP) is 5.54. The van der Waals surface area contributed by atoms with Crippen LogP contribution in [0.2, 0.25) is 10.0 Å². The first-order valence-electron chi connectivity index (χ1n) is 6.44. The van der Waals surface area contributed by atoms with Crippen molar-refractivity contribution >= 4 is 23.2 Å². The number of benzene rings is 2. The molecular formula is C16H16Cl2FN. The van der Waals surface area contributed by atoms with E-state index in [1.807, 2.05) is 31.2 Å². The van der Waals surface area contributed by atoms with Crippen LogP contribution < -0.4 is 5.32 Å². The third kappa shape index (κ3) is 3.72. The molecule has 0 heterocycles. The second-order valence-corrected chi connectivity index (χ2v) is 5.67. The molecule has 0 radical (unpaired) electrons. The van der Waals surface area contributed by atoms with Gasteiger partial charge in [-0.1, -0.05) is 41.4 Å². The highest BCUT2D eigenvalue weighted by molar-refractivity contribution is 6.31. The van der Waals surface area contributed by atoms with Crippen LogP contribution in [0.1, 0.15) is 37.1 Å². The third-order valence-corrected chi connectivity index (χ3v) is 3.88. The Morgan fingerprint density at radius 2 is 1.60 bits per heavy atom. The lowest BCUT2D eigenvalue weighted by Crippen LogP contribution is -2.22. The summed E-state index contributed by atoms with van der Waals surface area (Å²) in [6.07, 6.45) is 0. The SMILES string of the molecule is CC(NC(C)c1ccc(F)cc1Cl)c1ccc(Cl)cc1. The molecule has 0 aliphatic rings. The van der Waals surface area contributed by atoms with Gasteiger partial charge in [0.25, 0.3) is 0 Å². The number of hydrogen-bond acceptors (Lipinski definition) is 1. The van der Waals surface area contributed by atoms with Gasteiger partial charge in [-0.25, -0.2) is 4.39 Å². The van der Waals surface area contributed by atoms with E-state index >= 15 is 0 Å². The zero-order valence-electron chi connectivity index (χ0n) is 11.3. The summed E-state index contributed by atoms with van der Waals surface area (Å²) in [6.45, 7) is 4.07.